The molecule has 0 aromatic heterocycles. The predicted octanol–water partition coefficient (Wildman–Crippen LogP) is 3.74. The van der Waals surface area contributed by atoms with Gasteiger partial charge >= 0.3 is 5.97 Å². The summed E-state index contributed by atoms with van der Waals surface area (Å²) in [5.74, 6) is 0.343. The van der Waals surface area contributed by atoms with Gasteiger partial charge in [0.15, 0.2) is 0 Å². The summed E-state index contributed by atoms with van der Waals surface area (Å²) in [4.78, 5) is 23.3. The van der Waals surface area contributed by atoms with Crippen LogP contribution in [0.25, 0.3) is 0 Å². The first-order valence-corrected chi connectivity index (χ1v) is 9.13. The maximum Gasteiger partial charge on any atom is 0.306 e. The Morgan fingerprint density at radius 1 is 0.955 bits per heavy atom. The molecule has 2 rings (SSSR count). The van der Waals surface area contributed by atoms with Gasteiger partial charge in [0.2, 0.25) is 5.91 Å². The predicted molar refractivity (Wildman–Crippen MR) is 86.5 cm³/mol. The molecule has 4 heteroatoms. The first-order chi connectivity index (χ1) is 10.6. The lowest BCUT2D eigenvalue weighted by Gasteiger charge is -2.31. The van der Waals surface area contributed by atoms with Crippen LogP contribution in [0.3, 0.4) is 0 Å². The van der Waals surface area contributed by atoms with Gasteiger partial charge in [-0.15, -0.1) is 0 Å². The quantitative estimate of drug-likeness (QED) is 0.785. The number of unbranched alkanes of at least 4 members (excludes halogenated alkanes) is 1. The minimum Gasteiger partial charge on any atom is -0.481 e. The minimum atomic E-state index is -0.685. The number of hydrogen-bond donors (Lipinski definition) is 2. The molecular weight excluding hydrogens is 278 g/mol. The van der Waals surface area contributed by atoms with Crippen molar-refractivity contribution in [2.45, 2.75) is 83.6 Å². The van der Waals surface area contributed by atoms with Gasteiger partial charge in [0.25, 0.3) is 0 Å². The van der Waals surface area contributed by atoms with Gasteiger partial charge in [-0.1, -0.05) is 26.2 Å². The average Bonchev–Trinajstić information content (AvgIpc) is 2.54. The number of hydrogen-bond acceptors (Lipinski definition) is 2. The fourth-order valence-corrected chi connectivity index (χ4v) is 4.01. The van der Waals surface area contributed by atoms with Gasteiger partial charge in [-0.3, -0.25) is 9.59 Å². The lowest BCUT2D eigenvalue weighted by atomic mass is 9.79. The molecule has 0 aliphatic heterocycles. The van der Waals surface area contributed by atoms with Gasteiger partial charge in [-0.2, -0.15) is 0 Å². The van der Waals surface area contributed by atoms with Crippen LogP contribution in [0.2, 0.25) is 0 Å². The van der Waals surface area contributed by atoms with Crippen molar-refractivity contribution in [1.82, 2.24) is 5.32 Å². The van der Waals surface area contributed by atoms with Crippen molar-refractivity contribution in [2.24, 2.45) is 17.8 Å². The van der Waals surface area contributed by atoms with Gasteiger partial charge in [-0.05, 0) is 57.3 Å². The summed E-state index contributed by atoms with van der Waals surface area (Å²) in [6.07, 6.45) is 11.4. The van der Waals surface area contributed by atoms with E-state index >= 15 is 0 Å². The molecule has 2 fully saturated rings. The van der Waals surface area contributed by atoms with Crippen molar-refractivity contribution in [2.75, 3.05) is 0 Å². The standard InChI is InChI=1S/C18H31NO3/c1-2-3-4-13-5-7-14(8-6-13)17(20)19-16-11-9-15(10-12-16)18(21)22/h13-16H,2-12H2,1H3,(H,19,20)(H,21,22). The maximum absolute atomic E-state index is 12.4. The van der Waals surface area contributed by atoms with Crippen LogP contribution in [0.5, 0.6) is 0 Å². The van der Waals surface area contributed by atoms with E-state index in [-0.39, 0.29) is 23.8 Å². The molecule has 2 saturated carbocycles. The Labute approximate surface area is 134 Å². The summed E-state index contributed by atoms with van der Waals surface area (Å²) in [6.45, 7) is 2.23. The molecule has 0 radical (unpaired) electrons. The molecule has 0 atom stereocenters. The van der Waals surface area contributed by atoms with Crippen molar-refractivity contribution in [3.63, 3.8) is 0 Å². The van der Waals surface area contributed by atoms with Crippen molar-refractivity contribution in [1.29, 1.82) is 0 Å². The summed E-state index contributed by atoms with van der Waals surface area (Å²) in [5.41, 5.74) is 0. The molecule has 0 unspecified atom stereocenters. The number of carbonyl (C=O) groups is 2. The van der Waals surface area contributed by atoms with Crippen molar-refractivity contribution < 1.29 is 14.7 Å². The van der Waals surface area contributed by atoms with E-state index in [2.05, 4.69) is 12.2 Å². The van der Waals surface area contributed by atoms with Crippen LogP contribution in [0.15, 0.2) is 0 Å². The lowest BCUT2D eigenvalue weighted by Crippen LogP contribution is -2.42. The molecular formula is C18H31NO3. The van der Waals surface area contributed by atoms with E-state index in [9.17, 15) is 9.59 Å². The molecule has 2 N–H and O–H groups in total. The number of aliphatic carboxylic acids is 1. The van der Waals surface area contributed by atoms with Crippen LogP contribution >= 0.6 is 0 Å². The van der Waals surface area contributed by atoms with Crippen LogP contribution < -0.4 is 5.32 Å². The molecule has 0 heterocycles. The Hall–Kier alpha value is -1.06. The van der Waals surface area contributed by atoms with E-state index in [1.54, 1.807) is 0 Å². The number of carboxylic acid groups (broad SMARTS) is 1. The molecule has 1 amide bonds. The van der Waals surface area contributed by atoms with Crippen LogP contribution in [0, 0.1) is 17.8 Å². The Bertz CT molecular complexity index is 367. The summed E-state index contributed by atoms with van der Waals surface area (Å²) < 4.78 is 0. The van der Waals surface area contributed by atoms with Gasteiger partial charge in [-0.25, -0.2) is 0 Å². The third-order valence-electron chi connectivity index (χ3n) is 5.61. The third kappa shape index (κ3) is 4.99. The first kappa shape index (κ1) is 17.3. The van der Waals surface area contributed by atoms with E-state index in [4.69, 9.17) is 5.11 Å². The molecule has 2 aliphatic carbocycles. The molecule has 4 nitrogen and oxygen atoms in total. The zero-order valence-corrected chi connectivity index (χ0v) is 13.9. The normalized spacial score (nSPS) is 32.4. The van der Waals surface area contributed by atoms with Crippen LogP contribution in [0.4, 0.5) is 0 Å². The highest BCUT2D eigenvalue weighted by molar-refractivity contribution is 5.79. The van der Waals surface area contributed by atoms with Crippen molar-refractivity contribution >= 4 is 11.9 Å². The second kappa shape index (κ2) is 8.54. The van der Waals surface area contributed by atoms with Gasteiger partial charge in [0.1, 0.15) is 0 Å². The van der Waals surface area contributed by atoms with Crippen LogP contribution in [0.1, 0.15) is 77.6 Å². The van der Waals surface area contributed by atoms with E-state index in [0.717, 1.165) is 31.6 Å². The SMILES string of the molecule is CCCCC1CCC(C(=O)NC2CCC(C(=O)O)CC2)CC1. The highest BCUT2D eigenvalue weighted by Crippen LogP contribution is 2.32. The first-order valence-electron chi connectivity index (χ1n) is 9.13. The van der Waals surface area contributed by atoms with E-state index in [0.29, 0.717) is 12.8 Å². The highest BCUT2D eigenvalue weighted by atomic mass is 16.4. The zero-order chi connectivity index (χ0) is 15.9. The highest BCUT2D eigenvalue weighted by Gasteiger charge is 2.30. The van der Waals surface area contributed by atoms with Gasteiger partial charge < -0.3 is 10.4 Å². The summed E-state index contributed by atoms with van der Waals surface area (Å²) in [5, 5.41) is 12.2. The van der Waals surface area contributed by atoms with E-state index in [1.165, 1.54) is 32.1 Å². The molecule has 0 saturated heterocycles. The zero-order valence-electron chi connectivity index (χ0n) is 13.9. The van der Waals surface area contributed by atoms with Gasteiger partial charge in [0.05, 0.1) is 5.92 Å². The van der Waals surface area contributed by atoms with Crippen molar-refractivity contribution in [3.8, 4) is 0 Å². The Morgan fingerprint density at radius 3 is 2.09 bits per heavy atom. The Morgan fingerprint density at radius 2 is 1.55 bits per heavy atom. The molecule has 126 valence electrons. The van der Waals surface area contributed by atoms with Crippen LogP contribution in [-0.4, -0.2) is 23.0 Å². The molecule has 22 heavy (non-hydrogen) atoms. The fourth-order valence-electron chi connectivity index (χ4n) is 4.01. The number of rotatable bonds is 6. The molecule has 0 aromatic carbocycles. The maximum atomic E-state index is 12.4. The number of nitrogens with one attached hydrogen (secondary N) is 1. The van der Waals surface area contributed by atoms with Crippen molar-refractivity contribution in [3.05, 3.63) is 0 Å². The summed E-state index contributed by atoms with van der Waals surface area (Å²) in [7, 11) is 0. The van der Waals surface area contributed by atoms with E-state index in [1.807, 2.05) is 0 Å². The molecule has 0 bridgehead atoms. The van der Waals surface area contributed by atoms with Crippen LogP contribution in [-0.2, 0) is 9.59 Å². The van der Waals surface area contributed by atoms with E-state index < -0.39 is 5.97 Å². The fraction of sp³-hybridized carbons (Fsp3) is 0.889. The largest absolute Gasteiger partial charge is 0.481 e. The molecule has 2 aliphatic rings. The summed E-state index contributed by atoms with van der Waals surface area (Å²) in [6, 6.07) is 0.195. The smallest absolute Gasteiger partial charge is 0.306 e. The summed E-state index contributed by atoms with van der Waals surface area (Å²) >= 11 is 0. The average molecular weight is 309 g/mol. The lowest BCUT2D eigenvalue weighted by molar-refractivity contribution is -0.142. The minimum absolute atomic E-state index is 0.190. The second-order valence-corrected chi connectivity index (χ2v) is 7.26. The monoisotopic (exact) mass is 309 g/mol. The third-order valence-corrected chi connectivity index (χ3v) is 5.61. The second-order valence-electron chi connectivity index (χ2n) is 7.26. The number of carboxylic acids is 1. The number of carbonyl (C=O) groups excluding carboxylic acids is 1. The Balaban J connectivity index is 1.67. The van der Waals surface area contributed by atoms with Gasteiger partial charge in [0, 0.05) is 12.0 Å². The Kier molecular flexibility index (Phi) is 6.71. The number of amides is 1. The topological polar surface area (TPSA) is 66.4 Å². The molecule has 0 spiro atoms. The molecule has 0 aromatic rings.